The smallest absolute Gasteiger partial charge is 0.323 e. The van der Waals surface area contributed by atoms with E-state index in [0.29, 0.717) is 0 Å². The number of nitrogens with one attached hydrogen (secondary N) is 1. The van der Waals surface area contributed by atoms with E-state index in [1.54, 1.807) is 0 Å². The van der Waals surface area contributed by atoms with Crippen LogP contribution in [0, 0.1) is 0 Å². The van der Waals surface area contributed by atoms with E-state index in [-0.39, 0.29) is 18.1 Å². The van der Waals surface area contributed by atoms with Crippen LogP contribution >= 0.6 is 11.5 Å². The highest BCUT2D eigenvalue weighted by Crippen LogP contribution is 2.05. The van der Waals surface area contributed by atoms with Gasteiger partial charge in [0.05, 0.1) is 6.42 Å². The van der Waals surface area contributed by atoms with Crippen molar-refractivity contribution in [3.63, 3.8) is 0 Å². The standard InChI is InChI=1S/C6H9N5O3S/c1-11(3-2-4(12)13)6(14)7-5-8-9-10-15-5/h2-3H2,1H3,(H,12,13)(H,7,8,10,14). The zero-order valence-corrected chi connectivity index (χ0v) is 8.69. The fraction of sp³-hybridized carbons (Fsp3) is 0.500. The molecule has 0 saturated carbocycles. The van der Waals surface area contributed by atoms with Gasteiger partial charge in [0.25, 0.3) is 0 Å². The second-order valence-electron chi connectivity index (χ2n) is 2.66. The van der Waals surface area contributed by atoms with Crippen molar-refractivity contribution in [1.82, 2.24) is 19.7 Å². The molecule has 8 nitrogen and oxygen atoms in total. The number of amides is 2. The van der Waals surface area contributed by atoms with Crippen molar-refractivity contribution in [2.24, 2.45) is 0 Å². The molecule has 1 aromatic rings. The van der Waals surface area contributed by atoms with Crippen LogP contribution in [0.2, 0.25) is 0 Å². The number of nitrogens with zero attached hydrogens (tertiary/aromatic N) is 4. The van der Waals surface area contributed by atoms with Gasteiger partial charge in [-0.05, 0) is 5.21 Å². The van der Waals surface area contributed by atoms with Gasteiger partial charge in [0, 0.05) is 25.1 Å². The molecule has 9 heteroatoms. The third kappa shape index (κ3) is 3.85. The van der Waals surface area contributed by atoms with Crippen molar-refractivity contribution >= 4 is 28.7 Å². The van der Waals surface area contributed by atoms with Gasteiger partial charge in [0.2, 0.25) is 5.13 Å². The minimum absolute atomic E-state index is 0.0989. The lowest BCUT2D eigenvalue weighted by Gasteiger charge is -2.14. The number of anilines is 1. The van der Waals surface area contributed by atoms with Gasteiger partial charge in [-0.2, -0.15) is 0 Å². The predicted molar refractivity (Wildman–Crippen MR) is 51.6 cm³/mol. The van der Waals surface area contributed by atoms with Gasteiger partial charge in [0.15, 0.2) is 0 Å². The Balaban J connectivity index is 2.36. The Labute approximate surface area is 89.1 Å². The quantitative estimate of drug-likeness (QED) is 0.747. The van der Waals surface area contributed by atoms with Crippen molar-refractivity contribution < 1.29 is 14.7 Å². The van der Waals surface area contributed by atoms with Gasteiger partial charge in [0.1, 0.15) is 0 Å². The number of aliphatic carboxylic acids is 1. The van der Waals surface area contributed by atoms with Gasteiger partial charge >= 0.3 is 12.0 Å². The summed E-state index contributed by atoms with van der Waals surface area (Å²) in [4.78, 5) is 22.9. The van der Waals surface area contributed by atoms with E-state index in [0.717, 1.165) is 11.5 Å². The Bertz CT molecular complexity index is 341. The number of aromatic nitrogens is 3. The molecule has 2 amide bonds. The molecule has 0 aliphatic heterocycles. The van der Waals surface area contributed by atoms with Gasteiger partial charge in [-0.1, -0.05) is 9.59 Å². The number of carboxylic acid groups (broad SMARTS) is 1. The molecule has 1 heterocycles. The summed E-state index contributed by atoms with van der Waals surface area (Å²) in [6.07, 6.45) is -0.0989. The van der Waals surface area contributed by atoms with Crippen LogP contribution in [0.4, 0.5) is 9.93 Å². The largest absolute Gasteiger partial charge is 0.481 e. The summed E-state index contributed by atoms with van der Waals surface area (Å²) >= 11 is 0.946. The van der Waals surface area contributed by atoms with E-state index in [2.05, 4.69) is 20.1 Å². The van der Waals surface area contributed by atoms with Crippen LogP contribution in [0.25, 0.3) is 0 Å². The number of hydrogen-bond donors (Lipinski definition) is 2. The van der Waals surface area contributed by atoms with Crippen LogP contribution in [0.5, 0.6) is 0 Å². The first-order valence-corrected chi connectivity index (χ1v) is 4.76. The lowest BCUT2D eigenvalue weighted by Crippen LogP contribution is -2.33. The van der Waals surface area contributed by atoms with E-state index >= 15 is 0 Å². The van der Waals surface area contributed by atoms with Crippen molar-refractivity contribution in [2.75, 3.05) is 18.9 Å². The molecule has 0 spiro atoms. The molecule has 0 aromatic carbocycles. The number of carbonyl (C=O) groups is 2. The summed E-state index contributed by atoms with van der Waals surface area (Å²) in [5.74, 6) is -0.952. The normalized spacial score (nSPS) is 9.67. The average Bonchev–Trinajstić information content (AvgIpc) is 2.66. The summed E-state index contributed by atoms with van der Waals surface area (Å²) < 4.78 is 3.46. The Kier molecular flexibility index (Phi) is 3.92. The highest BCUT2D eigenvalue weighted by Gasteiger charge is 2.11. The highest BCUT2D eigenvalue weighted by molar-refractivity contribution is 7.09. The van der Waals surface area contributed by atoms with Crippen LogP contribution in [-0.2, 0) is 4.79 Å². The molecule has 15 heavy (non-hydrogen) atoms. The van der Waals surface area contributed by atoms with E-state index in [4.69, 9.17) is 5.11 Å². The molecule has 0 unspecified atom stereocenters. The number of urea groups is 1. The fourth-order valence-corrected chi connectivity index (χ4v) is 1.09. The third-order valence-electron chi connectivity index (χ3n) is 1.52. The van der Waals surface area contributed by atoms with Crippen molar-refractivity contribution in [3.05, 3.63) is 0 Å². The first kappa shape index (κ1) is 11.3. The van der Waals surface area contributed by atoms with Crippen molar-refractivity contribution in [1.29, 1.82) is 0 Å². The Morgan fingerprint density at radius 3 is 2.87 bits per heavy atom. The van der Waals surface area contributed by atoms with Crippen molar-refractivity contribution in [3.8, 4) is 0 Å². The monoisotopic (exact) mass is 231 g/mol. The molecule has 0 bridgehead atoms. The van der Waals surface area contributed by atoms with Gasteiger partial charge in [-0.3, -0.25) is 10.1 Å². The molecule has 0 radical (unpaired) electrons. The molecule has 0 saturated heterocycles. The molecular weight excluding hydrogens is 222 g/mol. The molecule has 82 valence electrons. The molecule has 0 fully saturated rings. The fourth-order valence-electron chi connectivity index (χ4n) is 0.734. The van der Waals surface area contributed by atoms with Crippen LogP contribution in [-0.4, -0.2) is 50.4 Å². The van der Waals surface area contributed by atoms with Crippen LogP contribution in [0.1, 0.15) is 6.42 Å². The minimum atomic E-state index is -0.952. The number of hydrogen-bond acceptors (Lipinski definition) is 6. The first-order valence-electron chi connectivity index (χ1n) is 3.98. The lowest BCUT2D eigenvalue weighted by atomic mass is 10.4. The maximum atomic E-state index is 11.4. The number of carbonyl (C=O) groups excluding carboxylic acids is 1. The third-order valence-corrected chi connectivity index (χ3v) is 2.03. The first-order chi connectivity index (χ1) is 7.09. The summed E-state index contributed by atoms with van der Waals surface area (Å²) in [5, 5.41) is 17.9. The lowest BCUT2D eigenvalue weighted by molar-refractivity contribution is -0.137. The van der Waals surface area contributed by atoms with Gasteiger partial charge in [-0.25, -0.2) is 4.79 Å². The Hall–Kier alpha value is -1.77. The summed E-state index contributed by atoms with van der Waals surface area (Å²) in [5.41, 5.74) is 0. The Morgan fingerprint density at radius 1 is 1.60 bits per heavy atom. The molecule has 0 aliphatic carbocycles. The maximum absolute atomic E-state index is 11.4. The summed E-state index contributed by atoms with van der Waals surface area (Å²) in [6.45, 7) is 0.132. The topological polar surface area (TPSA) is 108 Å². The van der Waals surface area contributed by atoms with E-state index < -0.39 is 12.0 Å². The molecule has 2 N–H and O–H groups in total. The highest BCUT2D eigenvalue weighted by atomic mass is 32.1. The zero-order chi connectivity index (χ0) is 11.3. The van der Waals surface area contributed by atoms with Crippen LogP contribution in [0.15, 0.2) is 0 Å². The van der Waals surface area contributed by atoms with E-state index in [9.17, 15) is 9.59 Å². The minimum Gasteiger partial charge on any atom is -0.481 e. The maximum Gasteiger partial charge on any atom is 0.323 e. The van der Waals surface area contributed by atoms with E-state index in [1.807, 2.05) is 0 Å². The molecule has 1 aromatic heterocycles. The molecule has 1 rings (SSSR count). The molecule has 0 aliphatic rings. The molecular formula is C6H9N5O3S. The second kappa shape index (κ2) is 5.20. The summed E-state index contributed by atoms with van der Waals surface area (Å²) in [6, 6.07) is -0.435. The van der Waals surface area contributed by atoms with Crippen LogP contribution < -0.4 is 5.32 Å². The molecule has 0 atom stereocenters. The average molecular weight is 231 g/mol. The predicted octanol–water partition coefficient (Wildman–Crippen LogP) is -0.129. The van der Waals surface area contributed by atoms with E-state index in [1.165, 1.54) is 11.9 Å². The van der Waals surface area contributed by atoms with Gasteiger partial charge in [-0.15, -0.1) is 0 Å². The summed E-state index contributed by atoms with van der Waals surface area (Å²) in [7, 11) is 1.49. The van der Waals surface area contributed by atoms with Gasteiger partial charge < -0.3 is 10.0 Å². The second-order valence-corrected chi connectivity index (χ2v) is 3.40. The number of rotatable bonds is 4. The van der Waals surface area contributed by atoms with Crippen LogP contribution in [0.3, 0.4) is 0 Å². The Morgan fingerprint density at radius 2 is 2.33 bits per heavy atom. The zero-order valence-electron chi connectivity index (χ0n) is 7.88. The SMILES string of the molecule is CN(CCC(=O)O)C(=O)Nc1nnns1. The number of carboxylic acids is 1. The van der Waals surface area contributed by atoms with Crippen molar-refractivity contribution in [2.45, 2.75) is 6.42 Å².